The van der Waals surface area contributed by atoms with Gasteiger partial charge >= 0.3 is 12.1 Å². The van der Waals surface area contributed by atoms with E-state index in [0.717, 1.165) is 37.7 Å². The summed E-state index contributed by atoms with van der Waals surface area (Å²) in [6, 6.07) is 15.9. The van der Waals surface area contributed by atoms with Crippen LogP contribution in [0.1, 0.15) is 71.8 Å². The second-order valence-electron chi connectivity index (χ2n) is 14.6. The standard InChI is InChI=1S/C38H51N5O7/c1-25(39-22-31(44)50-38(2,3)4)34(45)41-32(27-16-10-6-11-17-27)36(47)42-21-20-30-33(42)29(35(46)40-28-18-12-7-13-19-28)23-43(30)37(48)49-24-26-14-8-5-9-15-26/h5,7-9,12-15,18-19,25,27,29-30,32-33,39H,6,10-11,16-17,20-24H2,1-4H3,(H,40,46)(H,41,45). The molecule has 2 aromatic carbocycles. The predicted octanol–water partition coefficient (Wildman–Crippen LogP) is 4.25. The molecular formula is C38H51N5O7. The van der Waals surface area contributed by atoms with Gasteiger partial charge in [0.1, 0.15) is 18.2 Å². The number of carbonyl (C=O) groups excluding carboxylic acids is 5. The number of carbonyl (C=O) groups is 5. The lowest BCUT2D eigenvalue weighted by Gasteiger charge is -2.36. The van der Waals surface area contributed by atoms with E-state index < -0.39 is 53.7 Å². The molecule has 2 heterocycles. The van der Waals surface area contributed by atoms with Crippen molar-refractivity contribution in [3.8, 4) is 0 Å². The number of benzene rings is 2. The smallest absolute Gasteiger partial charge is 0.410 e. The molecule has 0 radical (unpaired) electrons. The van der Waals surface area contributed by atoms with Crippen LogP contribution in [0.3, 0.4) is 0 Å². The lowest BCUT2D eigenvalue weighted by molar-refractivity contribution is -0.154. The molecule has 5 rings (SSSR count). The van der Waals surface area contributed by atoms with Crippen LogP contribution in [-0.4, -0.2) is 89.0 Å². The van der Waals surface area contributed by atoms with Crippen molar-refractivity contribution in [2.45, 2.75) is 103 Å². The van der Waals surface area contributed by atoms with Crippen LogP contribution in [0.15, 0.2) is 60.7 Å². The lowest BCUT2D eigenvalue weighted by atomic mass is 9.83. The summed E-state index contributed by atoms with van der Waals surface area (Å²) in [5.41, 5.74) is 0.815. The van der Waals surface area contributed by atoms with E-state index in [1.54, 1.807) is 49.6 Å². The SMILES string of the molecule is CC(NCC(=O)OC(C)(C)C)C(=O)NC(C(=O)N1CCC2C1C(C(=O)Nc1ccccc1)CN2C(=O)OCc1ccccc1)C1CCCCC1. The molecule has 2 saturated heterocycles. The van der Waals surface area contributed by atoms with Gasteiger partial charge < -0.3 is 29.9 Å². The van der Waals surface area contributed by atoms with Crippen LogP contribution in [-0.2, 0) is 35.3 Å². The molecular weight excluding hydrogens is 638 g/mol. The molecule has 3 N–H and O–H groups in total. The number of anilines is 1. The monoisotopic (exact) mass is 689 g/mol. The van der Waals surface area contributed by atoms with Gasteiger partial charge in [0.05, 0.1) is 30.6 Å². The molecule has 2 aliphatic heterocycles. The zero-order valence-corrected chi connectivity index (χ0v) is 29.6. The molecule has 50 heavy (non-hydrogen) atoms. The number of likely N-dealkylation sites (tertiary alicyclic amines) is 2. The fraction of sp³-hybridized carbons (Fsp3) is 0.553. The van der Waals surface area contributed by atoms with Gasteiger partial charge in [-0.1, -0.05) is 67.8 Å². The van der Waals surface area contributed by atoms with Crippen molar-refractivity contribution in [3.63, 3.8) is 0 Å². The summed E-state index contributed by atoms with van der Waals surface area (Å²) in [5.74, 6) is -2.22. The number of rotatable bonds is 11. The second-order valence-corrected chi connectivity index (χ2v) is 14.6. The van der Waals surface area contributed by atoms with E-state index in [2.05, 4.69) is 16.0 Å². The molecule has 4 amide bonds. The number of fused-ring (bicyclic) bond motifs is 1. The normalized spacial score (nSPS) is 21.9. The number of ether oxygens (including phenoxy) is 2. The van der Waals surface area contributed by atoms with Gasteiger partial charge in [0, 0.05) is 18.8 Å². The topological polar surface area (TPSA) is 146 Å². The first kappa shape index (κ1) is 36.8. The van der Waals surface area contributed by atoms with Gasteiger partial charge in [-0.25, -0.2) is 4.79 Å². The Hall–Kier alpha value is -4.45. The Labute approximate surface area is 294 Å². The zero-order chi connectivity index (χ0) is 35.8. The number of hydrogen-bond donors (Lipinski definition) is 3. The Kier molecular flexibility index (Phi) is 12.2. The summed E-state index contributed by atoms with van der Waals surface area (Å²) in [7, 11) is 0. The summed E-state index contributed by atoms with van der Waals surface area (Å²) in [6.45, 7) is 7.33. The van der Waals surface area contributed by atoms with Crippen LogP contribution < -0.4 is 16.0 Å². The minimum absolute atomic E-state index is 0.0813. The highest BCUT2D eigenvalue weighted by Gasteiger charge is 2.55. The number of nitrogens with zero attached hydrogens (tertiary/aromatic N) is 2. The van der Waals surface area contributed by atoms with Crippen LogP contribution in [0, 0.1) is 11.8 Å². The van der Waals surface area contributed by atoms with Crippen LogP contribution >= 0.6 is 0 Å². The Bertz CT molecular complexity index is 1490. The summed E-state index contributed by atoms with van der Waals surface area (Å²) >= 11 is 0. The molecule has 3 fully saturated rings. The first-order valence-electron chi connectivity index (χ1n) is 17.8. The van der Waals surface area contributed by atoms with Crippen LogP contribution in [0.25, 0.3) is 0 Å². The first-order chi connectivity index (χ1) is 23.9. The highest BCUT2D eigenvalue weighted by atomic mass is 16.6. The molecule has 3 aliphatic rings. The van der Waals surface area contributed by atoms with Crippen molar-refractivity contribution >= 4 is 35.5 Å². The first-order valence-corrected chi connectivity index (χ1v) is 17.8. The fourth-order valence-corrected chi connectivity index (χ4v) is 7.36. The molecule has 270 valence electrons. The third-order valence-electron chi connectivity index (χ3n) is 9.78. The van der Waals surface area contributed by atoms with Gasteiger partial charge in [-0.15, -0.1) is 0 Å². The zero-order valence-electron chi connectivity index (χ0n) is 29.6. The van der Waals surface area contributed by atoms with Crippen molar-refractivity contribution in [1.29, 1.82) is 0 Å². The largest absolute Gasteiger partial charge is 0.459 e. The van der Waals surface area contributed by atoms with Gasteiger partial charge in [0.2, 0.25) is 17.7 Å². The highest BCUT2D eigenvalue weighted by Crippen LogP contribution is 2.38. The average Bonchev–Trinajstić information content (AvgIpc) is 3.70. The Morgan fingerprint density at radius 3 is 2.20 bits per heavy atom. The van der Waals surface area contributed by atoms with E-state index in [9.17, 15) is 24.0 Å². The highest BCUT2D eigenvalue weighted by molar-refractivity contribution is 5.95. The van der Waals surface area contributed by atoms with Gasteiger partial charge in [-0.05, 0) is 70.6 Å². The van der Waals surface area contributed by atoms with E-state index >= 15 is 0 Å². The van der Waals surface area contributed by atoms with Gasteiger partial charge in [0.15, 0.2) is 0 Å². The minimum Gasteiger partial charge on any atom is -0.459 e. The average molecular weight is 690 g/mol. The number of amides is 4. The summed E-state index contributed by atoms with van der Waals surface area (Å²) in [5, 5.41) is 8.92. The van der Waals surface area contributed by atoms with E-state index in [1.165, 1.54) is 0 Å². The van der Waals surface area contributed by atoms with E-state index in [1.807, 2.05) is 48.5 Å². The molecule has 12 nitrogen and oxygen atoms in total. The maximum atomic E-state index is 14.6. The molecule has 5 atom stereocenters. The maximum absolute atomic E-state index is 14.6. The molecule has 1 aliphatic carbocycles. The molecule has 0 bridgehead atoms. The molecule has 0 spiro atoms. The fourth-order valence-electron chi connectivity index (χ4n) is 7.36. The van der Waals surface area contributed by atoms with Gasteiger partial charge in [-0.2, -0.15) is 0 Å². The third-order valence-corrected chi connectivity index (χ3v) is 9.78. The van der Waals surface area contributed by atoms with Crippen LogP contribution in [0.2, 0.25) is 0 Å². The predicted molar refractivity (Wildman–Crippen MR) is 188 cm³/mol. The van der Waals surface area contributed by atoms with E-state index in [4.69, 9.17) is 9.47 Å². The third kappa shape index (κ3) is 9.41. The van der Waals surface area contributed by atoms with Gasteiger partial charge in [0.25, 0.3) is 0 Å². The van der Waals surface area contributed by atoms with Crippen molar-refractivity contribution in [3.05, 3.63) is 66.2 Å². The van der Waals surface area contributed by atoms with E-state index in [-0.39, 0.29) is 37.4 Å². The molecule has 1 saturated carbocycles. The Morgan fingerprint density at radius 1 is 0.880 bits per heavy atom. The molecule has 5 unspecified atom stereocenters. The summed E-state index contributed by atoms with van der Waals surface area (Å²) in [4.78, 5) is 71.1. The lowest BCUT2D eigenvalue weighted by Crippen LogP contribution is -2.58. The van der Waals surface area contributed by atoms with E-state index in [0.29, 0.717) is 18.7 Å². The number of esters is 1. The molecule has 0 aromatic heterocycles. The molecule has 12 heteroatoms. The van der Waals surface area contributed by atoms with Crippen molar-refractivity contribution in [1.82, 2.24) is 20.4 Å². The summed E-state index contributed by atoms with van der Waals surface area (Å²) < 4.78 is 11.1. The van der Waals surface area contributed by atoms with Crippen molar-refractivity contribution < 1.29 is 33.4 Å². The number of hydrogen-bond acceptors (Lipinski definition) is 8. The second kappa shape index (κ2) is 16.5. The Morgan fingerprint density at radius 2 is 1.54 bits per heavy atom. The van der Waals surface area contributed by atoms with Crippen molar-refractivity contribution in [2.75, 3.05) is 25.0 Å². The quantitative estimate of drug-likeness (QED) is 0.297. The van der Waals surface area contributed by atoms with Crippen LogP contribution in [0.4, 0.5) is 10.5 Å². The number of para-hydroxylation sites is 1. The van der Waals surface area contributed by atoms with Crippen LogP contribution in [0.5, 0.6) is 0 Å². The molecule has 2 aromatic rings. The Balaban J connectivity index is 1.34. The maximum Gasteiger partial charge on any atom is 0.410 e. The van der Waals surface area contributed by atoms with Crippen molar-refractivity contribution in [2.24, 2.45) is 11.8 Å². The minimum atomic E-state index is -0.816. The summed E-state index contributed by atoms with van der Waals surface area (Å²) in [6.07, 6.45) is 4.48. The van der Waals surface area contributed by atoms with Gasteiger partial charge in [-0.3, -0.25) is 24.5 Å². The number of nitrogens with one attached hydrogen (secondary N) is 3.